The molecule has 0 radical (unpaired) electrons. The standard InChI is InChI=1S/C3H3N.2Al.3H2O4S/c1-2-3-4;;;3*1-5(2,3)4/h2H,1H2;;;3*(H2,1,2,3,4)/q;2*+3;;;/p-6. The first kappa shape index (κ1) is 37.3. The van der Waals surface area contributed by atoms with Crippen LogP contribution in [0.1, 0.15) is 0 Å². The Hall–Kier alpha value is -0.0951. The third-order valence-electron chi connectivity index (χ3n) is 0.0913. The second kappa shape index (κ2) is 18.0. The van der Waals surface area contributed by atoms with E-state index in [1.54, 1.807) is 6.07 Å². The number of hydrogen-bond acceptors (Lipinski definition) is 13. The molecule has 0 atom stereocenters. The monoisotopic (exact) mass is 395 g/mol. The summed E-state index contributed by atoms with van der Waals surface area (Å²) in [4.78, 5) is 0. The summed E-state index contributed by atoms with van der Waals surface area (Å²) in [7, 11) is -15.5. The number of nitrogens with zero attached hydrogens (tertiary/aromatic N) is 1. The van der Waals surface area contributed by atoms with Gasteiger partial charge in [0.05, 0.1) is 6.07 Å². The molecule has 0 bridgehead atoms. The van der Waals surface area contributed by atoms with Crippen LogP contribution in [0.5, 0.6) is 0 Å². The molecule has 0 amide bonds. The van der Waals surface area contributed by atoms with E-state index in [2.05, 4.69) is 6.58 Å². The SMILES string of the molecule is C=CC#N.O=S(=O)([O-])[O-].O=S(=O)([O-])[O-].O=S(=O)([O-])[O-].[Al+3].[Al+3]. The molecule has 116 valence electrons. The summed E-state index contributed by atoms with van der Waals surface area (Å²) >= 11 is 0. The maximum absolute atomic E-state index is 8.52. The van der Waals surface area contributed by atoms with Crippen LogP contribution in [0.15, 0.2) is 12.7 Å². The third kappa shape index (κ3) is 7790. The van der Waals surface area contributed by atoms with Crippen molar-refractivity contribution in [3.8, 4) is 6.07 Å². The molecular weight excluding hydrogens is 392 g/mol. The van der Waals surface area contributed by atoms with E-state index < -0.39 is 31.2 Å². The first-order valence-electron chi connectivity index (χ1n) is 2.92. The molecule has 0 aliphatic rings. The van der Waals surface area contributed by atoms with E-state index in [0.29, 0.717) is 0 Å². The van der Waals surface area contributed by atoms with E-state index in [1.165, 1.54) is 6.08 Å². The fraction of sp³-hybridized carbons (Fsp3) is 0. The largest absolute Gasteiger partial charge is 3.00 e. The van der Waals surface area contributed by atoms with Gasteiger partial charge in [0.2, 0.25) is 0 Å². The fourth-order valence-corrected chi connectivity index (χ4v) is 0. The summed E-state index contributed by atoms with van der Waals surface area (Å²) < 4.78 is 102. The maximum Gasteiger partial charge on any atom is 3.00 e. The zero-order chi connectivity index (χ0) is 16.9. The summed E-state index contributed by atoms with van der Waals surface area (Å²) in [5.41, 5.74) is 0. The zero-order valence-electron chi connectivity index (χ0n) is 9.51. The van der Waals surface area contributed by atoms with Gasteiger partial charge in [-0.1, -0.05) is 6.58 Å². The van der Waals surface area contributed by atoms with Crippen LogP contribution in [0.4, 0.5) is 0 Å². The summed E-state index contributed by atoms with van der Waals surface area (Å²) in [5, 5.41) is 7.51. The molecule has 18 heteroatoms. The van der Waals surface area contributed by atoms with Gasteiger partial charge in [0.15, 0.2) is 0 Å². The first-order chi connectivity index (χ1) is 7.91. The van der Waals surface area contributed by atoms with E-state index in [1.807, 2.05) is 0 Å². The Morgan fingerprint density at radius 3 is 0.762 bits per heavy atom. The third-order valence-corrected chi connectivity index (χ3v) is 0.0913. The normalized spacial score (nSPS) is 9.00. The first-order valence-corrected chi connectivity index (χ1v) is 6.92. The van der Waals surface area contributed by atoms with Gasteiger partial charge >= 0.3 is 34.7 Å². The van der Waals surface area contributed by atoms with Crippen molar-refractivity contribution in [2.75, 3.05) is 0 Å². The van der Waals surface area contributed by atoms with Crippen molar-refractivity contribution in [2.24, 2.45) is 0 Å². The Bertz CT molecular complexity index is 474. The molecule has 0 saturated heterocycles. The Balaban J connectivity index is -0.0000000347. The Morgan fingerprint density at radius 1 is 0.714 bits per heavy atom. The molecule has 0 aliphatic heterocycles. The number of nitriles is 1. The minimum atomic E-state index is -5.17. The van der Waals surface area contributed by atoms with Crippen molar-refractivity contribution >= 4 is 65.9 Å². The predicted molar refractivity (Wildman–Crippen MR) is 58.7 cm³/mol. The van der Waals surface area contributed by atoms with Gasteiger partial charge in [-0.05, 0) is 0 Å². The molecule has 0 spiro atoms. The van der Waals surface area contributed by atoms with E-state index >= 15 is 0 Å². The Kier molecular flexibility index (Phi) is 31.9. The average molecular weight is 395 g/mol. The molecule has 13 nitrogen and oxygen atoms in total. The summed E-state index contributed by atoms with van der Waals surface area (Å²) in [6.45, 7) is 3.12. The molecule has 21 heavy (non-hydrogen) atoms. The molecule has 0 fully saturated rings. The predicted octanol–water partition coefficient (Wildman–Crippen LogP) is -4.08. The van der Waals surface area contributed by atoms with Crippen LogP contribution in [-0.4, -0.2) is 87.3 Å². The van der Waals surface area contributed by atoms with E-state index in [0.717, 1.165) is 0 Å². The molecule has 0 rings (SSSR count). The van der Waals surface area contributed by atoms with Gasteiger partial charge in [-0.15, -0.1) is 0 Å². The van der Waals surface area contributed by atoms with Crippen LogP contribution in [-0.2, 0) is 31.2 Å². The topological polar surface area (TPSA) is 265 Å². The number of hydrogen-bond donors (Lipinski definition) is 0. The molecule has 0 aromatic heterocycles. The average Bonchev–Trinajstić information content (AvgIpc) is 1.93. The van der Waals surface area contributed by atoms with Crippen molar-refractivity contribution in [2.45, 2.75) is 0 Å². The van der Waals surface area contributed by atoms with Crippen LogP contribution in [0, 0.1) is 11.3 Å². The van der Waals surface area contributed by atoms with E-state index in [4.69, 9.17) is 57.8 Å². The second-order valence-corrected chi connectivity index (χ2v) is 4.01. The second-order valence-electron chi connectivity index (χ2n) is 1.56. The smallest absolute Gasteiger partial charge is 0.759 e. The minimum Gasteiger partial charge on any atom is -0.759 e. The van der Waals surface area contributed by atoms with Gasteiger partial charge in [-0.25, -0.2) is 0 Å². The maximum atomic E-state index is 8.52. The van der Waals surface area contributed by atoms with Crippen molar-refractivity contribution in [1.29, 1.82) is 5.26 Å². The van der Waals surface area contributed by atoms with Crippen molar-refractivity contribution in [1.82, 2.24) is 0 Å². The van der Waals surface area contributed by atoms with Crippen molar-refractivity contribution in [3.63, 3.8) is 0 Å². The van der Waals surface area contributed by atoms with Crippen LogP contribution < -0.4 is 0 Å². The number of rotatable bonds is 0. The van der Waals surface area contributed by atoms with Crippen LogP contribution in [0.25, 0.3) is 0 Å². The van der Waals surface area contributed by atoms with Crippen molar-refractivity contribution in [3.05, 3.63) is 12.7 Å². The van der Waals surface area contributed by atoms with Gasteiger partial charge < -0.3 is 27.3 Å². The Labute approximate surface area is 142 Å². The van der Waals surface area contributed by atoms with Crippen LogP contribution in [0.2, 0.25) is 0 Å². The molecular formula is C3H3Al2NO12S3. The van der Waals surface area contributed by atoms with Gasteiger partial charge in [0, 0.05) is 37.3 Å². The van der Waals surface area contributed by atoms with E-state index in [-0.39, 0.29) is 34.7 Å². The molecule has 0 saturated carbocycles. The molecule has 0 N–H and O–H groups in total. The van der Waals surface area contributed by atoms with Crippen molar-refractivity contribution < 1.29 is 52.6 Å². The van der Waals surface area contributed by atoms with E-state index in [9.17, 15) is 0 Å². The summed E-state index contributed by atoms with van der Waals surface area (Å²) in [5.74, 6) is 0. The fourth-order valence-electron chi connectivity index (χ4n) is 0. The molecule has 0 aliphatic carbocycles. The van der Waals surface area contributed by atoms with Crippen LogP contribution >= 0.6 is 0 Å². The quantitative estimate of drug-likeness (QED) is 0.163. The molecule has 0 aromatic carbocycles. The van der Waals surface area contributed by atoms with Gasteiger partial charge in [-0.2, -0.15) is 5.26 Å². The van der Waals surface area contributed by atoms with Gasteiger partial charge in [-0.3, -0.25) is 25.3 Å². The molecule has 0 unspecified atom stereocenters. The summed E-state index contributed by atoms with van der Waals surface area (Å²) in [6, 6.07) is 1.69. The van der Waals surface area contributed by atoms with Crippen LogP contribution in [0.3, 0.4) is 0 Å². The minimum absolute atomic E-state index is 0. The summed E-state index contributed by atoms with van der Waals surface area (Å²) in [6.07, 6.45) is 1.18. The molecule has 0 heterocycles. The zero-order valence-corrected chi connectivity index (χ0v) is 14.3. The van der Waals surface area contributed by atoms with Gasteiger partial charge in [0.25, 0.3) is 0 Å². The number of allylic oxidation sites excluding steroid dienone is 1. The molecule has 0 aromatic rings. The Morgan fingerprint density at radius 2 is 0.762 bits per heavy atom. The van der Waals surface area contributed by atoms with Gasteiger partial charge in [0.1, 0.15) is 0 Å².